The SMILES string of the molecule is CCOC(=O)C1CCN(C(=O)c2cnc(-c3ccccc3)o2)CC1. The second-order valence-electron chi connectivity index (χ2n) is 5.71. The zero-order chi connectivity index (χ0) is 16.9. The molecule has 0 aliphatic carbocycles. The fraction of sp³-hybridized carbons (Fsp3) is 0.389. The van der Waals surface area contributed by atoms with Gasteiger partial charge in [-0.2, -0.15) is 0 Å². The standard InChI is InChI=1S/C18H20N2O4/c1-2-23-18(22)14-8-10-20(11-9-14)17(21)15-12-19-16(24-15)13-6-4-3-5-7-13/h3-7,12,14H,2,8-11H2,1H3. The zero-order valence-corrected chi connectivity index (χ0v) is 13.6. The van der Waals surface area contributed by atoms with Gasteiger partial charge in [-0.05, 0) is 31.9 Å². The van der Waals surface area contributed by atoms with Crippen molar-refractivity contribution >= 4 is 11.9 Å². The predicted molar refractivity (Wildman–Crippen MR) is 87.2 cm³/mol. The van der Waals surface area contributed by atoms with Gasteiger partial charge < -0.3 is 14.1 Å². The molecule has 2 aromatic rings. The minimum absolute atomic E-state index is 0.122. The molecule has 6 heteroatoms. The van der Waals surface area contributed by atoms with Gasteiger partial charge in [-0.1, -0.05) is 18.2 Å². The first kappa shape index (κ1) is 16.2. The minimum Gasteiger partial charge on any atom is -0.466 e. The van der Waals surface area contributed by atoms with Crippen molar-refractivity contribution in [3.8, 4) is 11.5 Å². The molecule has 1 aromatic heterocycles. The first-order valence-corrected chi connectivity index (χ1v) is 8.16. The van der Waals surface area contributed by atoms with Crippen LogP contribution in [0.3, 0.4) is 0 Å². The van der Waals surface area contributed by atoms with E-state index in [1.54, 1.807) is 11.8 Å². The average Bonchev–Trinajstić information content (AvgIpc) is 3.12. The van der Waals surface area contributed by atoms with Gasteiger partial charge in [0.05, 0.1) is 18.7 Å². The monoisotopic (exact) mass is 328 g/mol. The Morgan fingerprint density at radius 1 is 1.25 bits per heavy atom. The van der Waals surface area contributed by atoms with Crippen LogP contribution < -0.4 is 0 Å². The van der Waals surface area contributed by atoms with Gasteiger partial charge in [0.25, 0.3) is 5.91 Å². The fourth-order valence-corrected chi connectivity index (χ4v) is 2.82. The third-order valence-electron chi connectivity index (χ3n) is 4.14. The minimum atomic E-state index is -0.188. The van der Waals surface area contributed by atoms with Gasteiger partial charge in [-0.3, -0.25) is 9.59 Å². The van der Waals surface area contributed by atoms with E-state index in [2.05, 4.69) is 4.98 Å². The number of likely N-dealkylation sites (tertiary alicyclic amines) is 1. The van der Waals surface area contributed by atoms with Gasteiger partial charge in [0.1, 0.15) is 0 Å². The first-order valence-electron chi connectivity index (χ1n) is 8.16. The van der Waals surface area contributed by atoms with Crippen LogP contribution >= 0.6 is 0 Å². The highest BCUT2D eigenvalue weighted by molar-refractivity contribution is 5.91. The van der Waals surface area contributed by atoms with E-state index < -0.39 is 0 Å². The maximum atomic E-state index is 12.5. The number of carbonyl (C=O) groups is 2. The van der Waals surface area contributed by atoms with E-state index in [1.165, 1.54) is 6.20 Å². The van der Waals surface area contributed by atoms with E-state index in [0.29, 0.717) is 38.4 Å². The number of aromatic nitrogens is 1. The number of benzene rings is 1. The highest BCUT2D eigenvalue weighted by Gasteiger charge is 2.30. The Morgan fingerprint density at radius 3 is 2.62 bits per heavy atom. The largest absolute Gasteiger partial charge is 0.466 e. The number of esters is 1. The summed E-state index contributed by atoms with van der Waals surface area (Å²) in [6, 6.07) is 9.45. The van der Waals surface area contributed by atoms with Crippen molar-refractivity contribution in [2.75, 3.05) is 19.7 Å². The zero-order valence-electron chi connectivity index (χ0n) is 13.6. The Kier molecular flexibility index (Phi) is 4.93. The highest BCUT2D eigenvalue weighted by atomic mass is 16.5. The Hall–Kier alpha value is -2.63. The lowest BCUT2D eigenvalue weighted by molar-refractivity contribution is -0.149. The van der Waals surface area contributed by atoms with Gasteiger partial charge in [0.2, 0.25) is 11.7 Å². The van der Waals surface area contributed by atoms with E-state index in [9.17, 15) is 9.59 Å². The van der Waals surface area contributed by atoms with E-state index >= 15 is 0 Å². The lowest BCUT2D eigenvalue weighted by Crippen LogP contribution is -2.40. The summed E-state index contributed by atoms with van der Waals surface area (Å²) in [5, 5.41) is 0. The lowest BCUT2D eigenvalue weighted by Gasteiger charge is -2.30. The van der Waals surface area contributed by atoms with E-state index in [4.69, 9.17) is 9.15 Å². The fourth-order valence-electron chi connectivity index (χ4n) is 2.82. The van der Waals surface area contributed by atoms with Crippen molar-refractivity contribution in [2.24, 2.45) is 5.92 Å². The summed E-state index contributed by atoms with van der Waals surface area (Å²) in [4.78, 5) is 30.2. The Bertz CT molecular complexity index is 703. The number of rotatable bonds is 4. The summed E-state index contributed by atoms with van der Waals surface area (Å²) in [5.41, 5.74) is 0.831. The third kappa shape index (κ3) is 3.48. The number of carbonyl (C=O) groups excluding carboxylic acids is 2. The number of oxazole rings is 1. The van der Waals surface area contributed by atoms with Crippen molar-refractivity contribution in [3.05, 3.63) is 42.3 Å². The number of nitrogens with zero attached hydrogens (tertiary/aromatic N) is 2. The molecule has 126 valence electrons. The molecule has 1 amide bonds. The van der Waals surface area contributed by atoms with Crippen molar-refractivity contribution in [2.45, 2.75) is 19.8 Å². The number of piperidine rings is 1. The van der Waals surface area contributed by atoms with Gasteiger partial charge >= 0.3 is 5.97 Å². The van der Waals surface area contributed by atoms with E-state index in [-0.39, 0.29) is 23.6 Å². The molecule has 1 aromatic carbocycles. The van der Waals surface area contributed by atoms with Crippen molar-refractivity contribution < 1.29 is 18.7 Å². The maximum Gasteiger partial charge on any atom is 0.309 e. The van der Waals surface area contributed by atoms with Crippen LogP contribution in [-0.2, 0) is 9.53 Å². The average molecular weight is 328 g/mol. The quantitative estimate of drug-likeness (QED) is 0.807. The summed E-state index contributed by atoms with van der Waals surface area (Å²) in [5.74, 6) is 0.176. The molecule has 0 saturated carbocycles. The Morgan fingerprint density at radius 2 is 1.96 bits per heavy atom. The smallest absolute Gasteiger partial charge is 0.309 e. The second-order valence-corrected chi connectivity index (χ2v) is 5.71. The van der Waals surface area contributed by atoms with Crippen LogP contribution in [0.1, 0.15) is 30.3 Å². The number of hydrogen-bond donors (Lipinski definition) is 0. The molecule has 6 nitrogen and oxygen atoms in total. The molecule has 0 N–H and O–H groups in total. The van der Waals surface area contributed by atoms with Crippen LogP contribution in [0.15, 0.2) is 40.9 Å². The van der Waals surface area contributed by atoms with Gasteiger partial charge in [-0.15, -0.1) is 0 Å². The van der Waals surface area contributed by atoms with Gasteiger partial charge in [0, 0.05) is 18.7 Å². The topological polar surface area (TPSA) is 72.6 Å². The first-order chi connectivity index (χ1) is 11.7. The number of amides is 1. The molecule has 1 aliphatic heterocycles. The van der Waals surface area contributed by atoms with Crippen LogP contribution in [0.5, 0.6) is 0 Å². The van der Waals surface area contributed by atoms with Crippen molar-refractivity contribution in [3.63, 3.8) is 0 Å². The molecule has 3 rings (SSSR count). The Labute approximate surface area is 140 Å². The number of hydrogen-bond acceptors (Lipinski definition) is 5. The molecule has 0 atom stereocenters. The molecule has 24 heavy (non-hydrogen) atoms. The van der Waals surface area contributed by atoms with Crippen molar-refractivity contribution in [1.29, 1.82) is 0 Å². The second kappa shape index (κ2) is 7.29. The summed E-state index contributed by atoms with van der Waals surface area (Å²) >= 11 is 0. The van der Waals surface area contributed by atoms with E-state index in [0.717, 1.165) is 5.56 Å². The molecule has 0 unspecified atom stereocenters. The van der Waals surface area contributed by atoms with Crippen LogP contribution in [-0.4, -0.2) is 41.5 Å². The highest BCUT2D eigenvalue weighted by Crippen LogP contribution is 2.23. The lowest BCUT2D eigenvalue weighted by atomic mass is 9.97. The summed E-state index contributed by atoms with van der Waals surface area (Å²) in [6.45, 7) is 3.22. The number of ether oxygens (including phenoxy) is 1. The Balaban J connectivity index is 1.62. The normalized spacial score (nSPS) is 15.3. The maximum absolute atomic E-state index is 12.5. The van der Waals surface area contributed by atoms with Crippen LogP contribution in [0, 0.1) is 5.92 Å². The van der Waals surface area contributed by atoms with E-state index in [1.807, 2.05) is 30.3 Å². The molecule has 1 aliphatic rings. The molecule has 0 radical (unpaired) electrons. The molecule has 1 fully saturated rings. The third-order valence-corrected chi connectivity index (χ3v) is 4.14. The molecular formula is C18H20N2O4. The van der Waals surface area contributed by atoms with Crippen LogP contribution in [0.25, 0.3) is 11.5 Å². The molecule has 0 bridgehead atoms. The summed E-state index contributed by atoms with van der Waals surface area (Å²) in [7, 11) is 0. The van der Waals surface area contributed by atoms with Crippen molar-refractivity contribution in [1.82, 2.24) is 9.88 Å². The van der Waals surface area contributed by atoms with Gasteiger partial charge in [-0.25, -0.2) is 4.98 Å². The van der Waals surface area contributed by atoms with Gasteiger partial charge in [0.15, 0.2) is 0 Å². The summed E-state index contributed by atoms with van der Waals surface area (Å²) < 4.78 is 10.6. The molecule has 2 heterocycles. The molecular weight excluding hydrogens is 308 g/mol. The summed E-state index contributed by atoms with van der Waals surface area (Å²) in [6.07, 6.45) is 2.69. The molecule has 1 saturated heterocycles. The van der Waals surface area contributed by atoms with Crippen LogP contribution in [0.4, 0.5) is 0 Å². The molecule has 0 spiro atoms. The predicted octanol–water partition coefficient (Wildman–Crippen LogP) is 2.76. The van der Waals surface area contributed by atoms with Crippen LogP contribution in [0.2, 0.25) is 0 Å².